The van der Waals surface area contributed by atoms with Crippen LogP contribution in [0.3, 0.4) is 0 Å². The highest BCUT2D eigenvalue weighted by molar-refractivity contribution is 5.99. The number of fused-ring (bicyclic) bond motifs is 1. The fourth-order valence-corrected chi connectivity index (χ4v) is 4.40. The standard InChI is InChI=1S/C24H31N5O3/c1-3-18(4-2)27-22(30)21-16-29(19-10-5-6-11-20(19)32-21)23(31)17-9-7-14-28(15-17)24-25-12-8-13-26-24/h5-6,8,10-13,17-18,21H,3-4,7,9,14-16H2,1-2H3,(H,27,30). The molecule has 0 saturated carbocycles. The SMILES string of the molecule is CCC(CC)NC(=O)C1CN(C(=O)C2CCCN(c3ncccn3)C2)c2ccccc2O1. The first kappa shape index (κ1) is 22.0. The molecule has 8 nitrogen and oxygen atoms in total. The average Bonchev–Trinajstić information content (AvgIpc) is 2.86. The molecule has 2 aromatic rings. The summed E-state index contributed by atoms with van der Waals surface area (Å²) >= 11 is 0. The van der Waals surface area contributed by atoms with Crippen molar-refractivity contribution in [1.29, 1.82) is 0 Å². The quantitative estimate of drug-likeness (QED) is 0.748. The number of nitrogens with zero attached hydrogens (tertiary/aromatic N) is 4. The maximum Gasteiger partial charge on any atom is 0.263 e. The molecule has 2 atom stereocenters. The van der Waals surface area contributed by atoms with Crippen molar-refractivity contribution in [3.8, 4) is 5.75 Å². The number of benzene rings is 1. The number of amides is 2. The Morgan fingerprint density at radius 1 is 1.12 bits per heavy atom. The van der Waals surface area contributed by atoms with E-state index in [4.69, 9.17) is 4.74 Å². The third-order valence-electron chi connectivity index (χ3n) is 6.27. The lowest BCUT2D eigenvalue weighted by Gasteiger charge is -2.39. The van der Waals surface area contributed by atoms with Crippen LogP contribution >= 0.6 is 0 Å². The van der Waals surface area contributed by atoms with Gasteiger partial charge in [0.25, 0.3) is 5.91 Å². The smallest absolute Gasteiger partial charge is 0.263 e. The molecule has 2 amide bonds. The third kappa shape index (κ3) is 4.69. The lowest BCUT2D eigenvalue weighted by molar-refractivity contribution is -0.129. The number of carbonyl (C=O) groups is 2. The topological polar surface area (TPSA) is 87.7 Å². The van der Waals surface area contributed by atoms with Crippen molar-refractivity contribution in [2.75, 3.05) is 29.4 Å². The van der Waals surface area contributed by atoms with Gasteiger partial charge in [0.05, 0.1) is 18.2 Å². The monoisotopic (exact) mass is 437 g/mol. The van der Waals surface area contributed by atoms with Crippen LogP contribution in [-0.4, -0.2) is 53.6 Å². The van der Waals surface area contributed by atoms with E-state index in [1.165, 1.54) is 0 Å². The Hall–Kier alpha value is -3.16. The Balaban J connectivity index is 1.53. The molecule has 2 unspecified atom stereocenters. The van der Waals surface area contributed by atoms with Crippen molar-refractivity contribution in [2.45, 2.75) is 51.7 Å². The third-order valence-corrected chi connectivity index (χ3v) is 6.27. The minimum Gasteiger partial charge on any atom is -0.477 e. The van der Waals surface area contributed by atoms with Crippen molar-refractivity contribution >= 4 is 23.5 Å². The summed E-state index contributed by atoms with van der Waals surface area (Å²) in [5.74, 6) is 0.864. The van der Waals surface area contributed by atoms with E-state index in [1.807, 2.05) is 38.1 Å². The van der Waals surface area contributed by atoms with E-state index in [0.717, 1.165) is 37.9 Å². The number of nitrogens with one attached hydrogen (secondary N) is 1. The highest BCUT2D eigenvalue weighted by Gasteiger charge is 2.38. The summed E-state index contributed by atoms with van der Waals surface area (Å²) < 4.78 is 6.01. The molecule has 2 aliphatic heterocycles. The Bertz CT molecular complexity index is 934. The van der Waals surface area contributed by atoms with Gasteiger partial charge in [-0.25, -0.2) is 9.97 Å². The van der Waals surface area contributed by atoms with Gasteiger partial charge in [0, 0.05) is 31.5 Å². The summed E-state index contributed by atoms with van der Waals surface area (Å²) in [4.78, 5) is 39.1. The van der Waals surface area contributed by atoms with Gasteiger partial charge < -0.3 is 19.9 Å². The molecule has 1 N–H and O–H groups in total. The number of ether oxygens (including phenoxy) is 1. The van der Waals surface area contributed by atoms with Gasteiger partial charge in [-0.15, -0.1) is 0 Å². The van der Waals surface area contributed by atoms with Gasteiger partial charge in [0.2, 0.25) is 11.9 Å². The van der Waals surface area contributed by atoms with Crippen LogP contribution in [0.4, 0.5) is 11.6 Å². The highest BCUT2D eigenvalue weighted by Crippen LogP contribution is 2.35. The zero-order chi connectivity index (χ0) is 22.5. The molecule has 0 bridgehead atoms. The summed E-state index contributed by atoms with van der Waals surface area (Å²) in [6.45, 7) is 5.69. The van der Waals surface area contributed by atoms with Gasteiger partial charge in [-0.1, -0.05) is 26.0 Å². The summed E-state index contributed by atoms with van der Waals surface area (Å²) in [5, 5.41) is 3.06. The normalized spacial score (nSPS) is 20.5. The van der Waals surface area contributed by atoms with E-state index in [9.17, 15) is 9.59 Å². The molecule has 3 heterocycles. The largest absolute Gasteiger partial charge is 0.477 e. The minimum absolute atomic E-state index is 0.0155. The van der Waals surface area contributed by atoms with Gasteiger partial charge in [-0.3, -0.25) is 9.59 Å². The predicted octanol–water partition coefficient (Wildman–Crippen LogP) is 2.79. The first-order chi connectivity index (χ1) is 15.6. The summed E-state index contributed by atoms with van der Waals surface area (Å²) in [6.07, 6.45) is 6.10. The van der Waals surface area contributed by atoms with Crippen LogP contribution in [0.2, 0.25) is 0 Å². The second-order valence-electron chi connectivity index (χ2n) is 8.38. The van der Waals surface area contributed by atoms with Gasteiger partial charge in [-0.05, 0) is 43.9 Å². The number of para-hydroxylation sites is 2. The van der Waals surface area contributed by atoms with Crippen LogP contribution in [-0.2, 0) is 9.59 Å². The number of rotatable bonds is 6. The molecule has 0 spiro atoms. The highest BCUT2D eigenvalue weighted by atomic mass is 16.5. The number of hydrogen-bond acceptors (Lipinski definition) is 6. The maximum absolute atomic E-state index is 13.7. The Morgan fingerprint density at radius 3 is 2.62 bits per heavy atom. The van der Waals surface area contributed by atoms with Crippen molar-refractivity contribution in [3.63, 3.8) is 0 Å². The molecule has 8 heteroatoms. The Labute approximate surface area is 189 Å². The first-order valence-corrected chi connectivity index (χ1v) is 11.5. The number of piperidine rings is 1. The fourth-order valence-electron chi connectivity index (χ4n) is 4.40. The molecule has 32 heavy (non-hydrogen) atoms. The van der Waals surface area contributed by atoms with Crippen molar-refractivity contribution in [3.05, 3.63) is 42.7 Å². The van der Waals surface area contributed by atoms with Crippen LogP contribution in [0.5, 0.6) is 5.75 Å². The molecule has 170 valence electrons. The number of carbonyl (C=O) groups excluding carboxylic acids is 2. The van der Waals surface area contributed by atoms with E-state index >= 15 is 0 Å². The summed E-state index contributed by atoms with van der Waals surface area (Å²) in [6, 6.07) is 9.33. The van der Waals surface area contributed by atoms with Gasteiger partial charge in [-0.2, -0.15) is 0 Å². The van der Waals surface area contributed by atoms with E-state index in [-0.39, 0.29) is 30.3 Å². The first-order valence-electron chi connectivity index (χ1n) is 11.5. The molecule has 1 aromatic carbocycles. The fraction of sp³-hybridized carbons (Fsp3) is 0.500. The van der Waals surface area contributed by atoms with Crippen LogP contribution < -0.4 is 19.9 Å². The van der Waals surface area contributed by atoms with E-state index in [0.29, 0.717) is 18.2 Å². The molecule has 1 fully saturated rings. The van der Waals surface area contributed by atoms with E-state index in [1.54, 1.807) is 23.4 Å². The molecule has 0 radical (unpaired) electrons. The molecule has 2 aliphatic rings. The van der Waals surface area contributed by atoms with Crippen LogP contribution in [0.25, 0.3) is 0 Å². The predicted molar refractivity (Wildman–Crippen MR) is 123 cm³/mol. The lowest BCUT2D eigenvalue weighted by atomic mass is 9.95. The molecule has 0 aliphatic carbocycles. The molecular weight excluding hydrogens is 406 g/mol. The van der Waals surface area contributed by atoms with Gasteiger partial charge in [0.1, 0.15) is 5.75 Å². The number of anilines is 2. The van der Waals surface area contributed by atoms with Crippen molar-refractivity contribution < 1.29 is 14.3 Å². The second kappa shape index (κ2) is 9.97. The summed E-state index contributed by atoms with van der Waals surface area (Å²) in [5.41, 5.74) is 0.720. The van der Waals surface area contributed by atoms with Crippen LogP contribution in [0, 0.1) is 5.92 Å². The molecule has 4 rings (SSSR count). The van der Waals surface area contributed by atoms with E-state index < -0.39 is 6.10 Å². The van der Waals surface area contributed by atoms with Gasteiger partial charge >= 0.3 is 0 Å². The minimum atomic E-state index is -0.730. The molecule has 1 saturated heterocycles. The lowest BCUT2D eigenvalue weighted by Crippen LogP contribution is -2.54. The van der Waals surface area contributed by atoms with Crippen molar-refractivity contribution in [2.24, 2.45) is 5.92 Å². The maximum atomic E-state index is 13.7. The van der Waals surface area contributed by atoms with Crippen LogP contribution in [0.1, 0.15) is 39.5 Å². The second-order valence-corrected chi connectivity index (χ2v) is 8.38. The average molecular weight is 438 g/mol. The zero-order valence-corrected chi connectivity index (χ0v) is 18.7. The number of aromatic nitrogens is 2. The number of hydrogen-bond donors (Lipinski definition) is 1. The van der Waals surface area contributed by atoms with Crippen LogP contribution in [0.15, 0.2) is 42.7 Å². The molecular formula is C24H31N5O3. The zero-order valence-electron chi connectivity index (χ0n) is 18.7. The van der Waals surface area contributed by atoms with E-state index in [2.05, 4.69) is 20.2 Å². The van der Waals surface area contributed by atoms with Crippen molar-refractivity contribution in [1.82, 2.24) is 15.3 Å². The Kier molecular flexibility index (Phi) is 6.87. The summed E-state index contributed by atoms with van der Waals surface area (Å²) in [7, 11) is 0. The molecule has 1 aromatic heterocycles. The Morgan fingerprint density at radius 2 is 1.88 bits per heavy atom. The van der Waals surface area contributed by atoms with Gasteiger partial charge in [0.15, 0.2) is 6.10 Å².